The number of methoxy groups -OCH3 is 1. The molecule has 0 bridgehead atoms. The van der Waals surface area contributed by atoms with Crippen molar-refractivity contribution in [1.29, 1.82) is 0 Å². The molecule has 0 amide bonds. The van der Waals surface area contributed by atoms with Gasteiger partial charge in [0.05, 0.1) is 23.5 Å². The highest BCUT2D eigenvalue weighted by Crippen LogP contribution is 2.34. The lowest BCUT2D eigenvalue weighted by atomic mass is 10.2. The zero-order chi connectivity index (χ0) is 20.6. The number of benzene rings is 2. The molecule has 154 valence electrons. The highest BCUT2D eigenvalue weighted by atomic mass is 35.5. The average Bonchev–Trinajstić information content (AvgIpc) is 3.23. The summed E-state index contributed by atoms with van der Waals surface area (Å²) in [6.07, 6.45) is 6.55. The third-order valence-corrected chi connectivity index (χ3v) is 5.45. The van der Waals surface area contributed by atoms with Crippen LogP contribution in [-0.2, 0) is 19.7 Å². The van der Waals surface area contributed by atoms with Crippen LogP contribution in [0.1, 0.15) is 17.5 Å². The maximum Gasteiger partial charge on any atom is 0.163 e. The number of hydrogen-bond donors (Lipinski definition) is 1. The molecule has 3 rings (SSSR count). The van der Waals surface area contributed by atoms with Crippen LogP contribution in [0.25, 0.3) is 0 Å². The lowest BCUT2D eigenvalue weighted by Crippen LogP contribution is -2.16. The molecule has 3 aromatic rings. The molecule has 0 aliphatic heterocycles. The van der Waals surface area contributed by atoms with Crippen LogP contribution in [0.4, 0.5) is 0 Å². The summed E-state index contributed by atoms with van der Waals surface area (Å²) >= 11 is 18.5. The molecule has 0 aliphatic carbocycles. The third-order valence-electron chi connectivity index (χ3n) is 4.36. The van der Waals surface area contributed by atoms with Gasteiger partial charge in [0, 0.05) is 36.6 Å². The fourth-order valence-electron chi connectivity index (χ4n) is 2.80. The van der Waals surface area contributed by atoms with E-state index in [-0.39, 0.29) is 0 Å². The van der Waals surface area contributed by atoms with Crippen molar-refractivity contribution in [3.63, 3.8) is 0 Å². The minimum Gasteiger partial charge on any atom is -0.493 e. The smallest absolute Gasteiger partial charge is 0.163 e. The number of aromatic nitrogens is 2. The van der Waals surface area contributed by atoms with Crippen molar-refractivity contribution < 1.29 is 9.47 Å². The molecule has 2 aromatic carbocycles. The Morgan fingerprint density at radius 2 is 1.90 bits per heavy atom. The molecule has 1 heterocycles. The molecule has 0 atom stereocenters. The largest absolute Gasteiger partial charge is 0.493 e. The molecule has 0 aliphatic rings. The quantitative estimate of drug-likeness (QED) is 0.404. The summed E-state index contributed by atoms with van der Waals surface area (Å²) in [7, 11) is 1.61. The predicted molar refractivity (Wildman–Crippen MR) is 117 cm³/mol. The normalized spacial score (nSPS) is 10.9. The highest BCUT2D eigenvalue weighted by molar-refractivity contribution is 6.42. The lowest BCUT2D eigenvalue weighted by Gasteiger charge is -2.15. The number of nitrogens with one attached hydrogen (secondary N) is 1. The third kappa shape index (κ3) is 6.28. The minimum atomic E-state index is 0.329. The Kier molecular flexibility index (Phi) is 8.07. The van der Waals surface area contributed by atoms with Gasteiger partial charge < -0.3 is 19.4 Å². The molecule has 0 spiro atoms. The number of rotatable bonds is 10. The molecule has 29 heavy (non-hydrogen) atoms. The zero-order valence-corrected chi connectivity index (χ0v) is 18.3. The van der Waals surface area contributed by atoms with Crippen molar-refractivity contribution in [3.05, 3.63) is 75.2 Å². The molecule has 8 heteroatoms. The maximum atomic E-state index is 6.45. The van der Waals surface area contributed by atoms with Gasteiger partial charge in [-0.25, -0.2) is 4.98 Å². The van der Waals surface area contributed by atoms with Crippen LogP contribution in [0.5, 0.6) is 11.5 Å². The van der Waals surface area contributed by atoms with Gasteiger partial charge in [-0.2, -0.15) is 0 Å². The van der Waals surface area contributed by atoms with E-state index in [1.807, 2.05) is 24.7 Å². The van der Waals surface area contributed by atoms with Crippen molar-refractivity contribution >= 4 is 34.8 Å². The molecular weight excluding hydrogens is 433 g/mol. The highest BCUT2D eigenvalue weighted by Gasteiger charge is 2.11. The van der Waals surface area contributed by atoms with Gasteiger partial charge in [0.2, 0.25) is 0 Å². The minimum absolute atomic E-state index is 0.329. The molecule has 0 radical (unpaired) electrons. The van der Waals surface area contributed by atoms with E-state index in [0.29, 0.717) is 39.7 Å². The van der Waals surface area contributed by atoms with E-state index >= 15 is 0 Å². The summed E-state index contributed by atoms with van der Waals surface area (Å²) in [4.78, 5) is 4.04. The van der Waals surface area contributed by atoms with Gasteiger partial charge in [0.25, 0.3) is 0 Å². The van der Waals surface area contributed by atoms with Gasteiger partial charge in [-0.05, 0) is 42.3 Å². The van der Waals surface area contributed by atoms with Crippen LogP contribution in [0.15, 0.2) is 49.1 Å². The molecule has 0 unspecified atom stereocenters. The SMILES string of the molecule is COc1cc(CNCCCn2ccnc2)c(Cl)cc1OCc1ccc(Cl)c(Cl)c1. The van der Waals surface area contributed by atoms with Crippen LogP contribution in [-0.4, -0.2) is 23.2 Å². The van der Waals surface area contributed by atoms with Crippen LogP contribution >= 0.6 is 34.8 Å². The van der Waals surface area contributed by atoms with E-state index in [0.717, 1.165) is 30.6 Å². The van der Waals surface area contributed by atoms with Crippen LogP contribution in [0.2, 0.25) is 15.1 Å². The van der Waals surface area contributed by atoms with Crippen molar-refractivity contribution in [3.8, 4) is 11.5 Å². The van der Waals surface area contributed by atoms with Gasteiger partial charge in [0.15, 0.2) is 11.5 Å². The van der Waals surface area contributed by atoms with Gasteiger partial charge in [-0.15, -0.1) is 0 Å². The first-order chi connectivity index (χ1) is 14.1. The number of aryl methyl sites for hydroxylation is 1. The lowest BCUT2D eigenvalue weighted by molar-refractivity contribution is 0.284. The summed E-state index contributed by atoms with van der Waals surface area (Å²) in [5.41, 5.74) is 1.86. The maximum absolute atomic E-state index is 6.45. The first-order valence-corrected chi connectivity index (χ1v) is 10.3. The fourth-order valence-corrected chi connectivity index (χ4v) is 3.35. The van der Waals surface area contributed by atoms with Gasteiger partial charge in [-0.3, -0.25) is 0 Å². The number of halogens is 3. The summed E-state index contributed by atoms with van der Waals surface area (Å²) in [5, 5.41) is 5.03. The Morgan fingerprint density at radius 3 is 2.62 bits per heavy atom. The van der Waals surface area contributed by atoms with Crippen LogP contribution in [0, 0.1) is 0 Å². The second-order valence-corrected chi connectivity index (χ2v) is 7.68. The van der Waals surface area contributed by atoms with E-state index in [2.05, 4.69) is 14.9 Å². The zero-order valence-electron chi connectivity index (χ0n) is 16.0. The first-order valence-electron chi connectivity index (χ1n) is 9.16. The van der Waals surface area contributed by atoms with E-state index in [4.69, 9.17) is 44.3 Å². The Labute approximate surface area is 185 Å². The number of hydrogen-bond acceptors (Lipinski definition) is 4. The first kappa shape index (κ1) is 21.8. The van der Waals surface area contributed by atoms with E-state index in [9.17, 15) is 0 Å². The molecule has 0 fully saturated rings. The summed E-state index contributed by atoms with van der Waals surface area (Å²) < 4.78 is 13.4. The number of nitrogens with zero attached hydrogens (tertiary/aromatic N) is 2. The second-order valence-electron chi connectivity index (χ2n) is 6.46. The Morgan fingerprint density at radius 1 is 1.03 bits per heavy atom. The predicted octanol–water partition coefficient (Wildman–Crippen LogP) is 5.61. The Balaban J connectivity index is 1.55. The standard InChI is InChI=1S/C21H22Cl3N3O2/c1-28-20-10-16(12-25-5-2-7-27-8-6-26-14-27)18(23)11-21(20)29-13-15-3-4-17(22)19(24)9-15/h3-4,6,8-11,14,25H,2,5,7,12-13H2,1H3. The molecule has 1 aromatic heterocycles. The number of ether oxygens (including phenoxy) is 2. The van der Waals surface area contributed by atoms with Gasteiger partial charge in [0.1, 0.15) is 6.61 Å². The fraction of sp³-hybridized carbons (Fsp3) is 0.286. The van der Waals surface area contributed by atoms with Crippen LogP contribution < -0.4 is 14.8 Å². The topological polar surface area (TPSA) is 48.3 Å². The average molecular weight is 455 g/mol. The monoisotopic (exact) mass is 453 g/mol. The molecular formula is C21H22Cl3N3O2. The number of imidazole rings is 1. The molecule has 1 N–H and O–H groups in total. The second kappa shape index (κ2) is 10.7. The van der Waals surface area contributed by atoms with E-state index in [1.165, 1.54) is 0 Å². The summed E-state index contributed by atoms with van der Waals surface area (Å²) in [5.74, 6) is 1.21. The van der Waals surface area contributed by atoms with E-state index in [1.54, 1.807) is 31.5 Å². The Hall–Kier alpha value is -1.92. The molecule has 0 saturated heterocycles. The van der Waals surface area contributed by atoms with Crippen LogP contribution in [0.3, 0.4) is 0 Å². The van der Waals surface area contributed by atoms with Crippen molar-refractivity contribution in [2.24, 2.45) is 0 Å². The molecule has 5 nitrogen and oxygen atoms in total. The van der Waals surface area contributed by atoms with Crippen molar-refractivity contribution in [2.45, 2.75) is 26.1 Å². The van der Waals surface area contributed by atoms with Crippen molar-refractivity contribution in [2.75, 3.05) is 13.7 Å². The van der Waals surface area contributed by atoms with Gasteiger partial charge >= 0.3 is 0 Å². The molecule has 0 saturated carbocycles. The summed E-state index contributed by atoms with van der Waals surface area (Å²) in [6.45, 7) is 2.76. The summed E-state index contributed by atoms with van der Waals surface area (Å²) in [6, 6.07) is 9.06. The van der Waals surface area contributed by atoms with E-state index < -0.39 is 0 Å². The van der Waals surface area contributed by atoms with Gasteiger partial charge in [-0.1, -0.05) is 40.9 Å². The van der Waals surface area contributed by atoms with Crippen molar-refractivity contribution in [1.82, 2.24) is 14.9 Å². The Bertz CT molecular complexity index is 933.